The monoisotopic (exact) mass is 670 g/mol. The van der Waals surface area contributed by atoms with E-state index in [0.29, 0.717) is 41.9 Å². The highest BCUT2D eigenvalue weighted by Crippen LogP contribution is 2.39. The number of hydrogen-bond donors (Lipinski definition) is 2. The van der Waals surface area contributed by atoms with Crippen LogP contribution in [0.2, 0.25) is 5.02 Å². The SMILES string of the molecule is Cc1ccc(-c2nc(C3CCNCC3)n(CC3CCN(C(=O)c4cccnc4F)CC3)c2-c2ccnc(NC3CCCCC3)n2)cc1Cl. The number of amides is 1. The molecule has 48 heavy (non-hydrogen) atoms. The van der Waals surface area contributed by atoms with Gasteiger partial charge < -0.3 is 20.1 Å². The number of halogens is 2. The van der Waals surface area contributed by atoms with Gasteiger partial charge in [0.05, 0.1) is 22.6 Å². The van der Waals surface area contributed by atoms with Gasteiger partial charge in [0, 0.05) is 54.6 Å². The fraction of sp³-hybridized carbons (Fsp3) is 0.486. The van der Waals surface area contributed by atoms with E-state index in [-0.39, 0.29) is 11.5 Å². The standard InChI is InChI=1S/C37H44ClFN8O/c1-24-9-10-27(22-30(24)38)32-33(31-13-19-42-37(44-31)43-28-6-3-2-4-7-28)47(35(45-32)26-11-17-40-18-12-26)23-25-14-20-46(21-15-25)36(48)29-8-5-16-41-34(29)39/h5,8-10,13,16,19,22,25-26,28,40H,2-4,6-7,11-12,14-15,17-18,20-21,23H2,1H3,(H,42,43,44). The summed E-state index contributed by atoms with van der Waals surface area (Å²) >= 11 is 6.70. The molecule has 252 valence electrons. The summed E-state index contributed by atoms with van der Waals surface area (Å²) in [5, 5.41) is 7.84. The van der Waals surface area contributed by atoms with Crippen molar-refractivity contribution in [2.75, 3.05) is 31.5 Å². The van der Waals surface area contributed by atoms with Gasteiger partial charge in [-0.3, -0.25) is 4.79 Å². The van der Waals surface area contributed by atoms with Crippen molar-refractivity contribution in [3.63, 3.8) is 0 Å². The Hall–Kier alpha value is -3.89. The summed E-state index contributed by atoms with van der Waals surface area (Å²) in [6, 6.07) is 11.7. The summed E-state index contributed by atoms with van der Waals surface area (Å²) in [6.07, 6.45) is 12.8. The summed E-state index contributed by atoms with van der Waals surface area (Å²) in [4.78, 5) is 33.8. The van der Waals surface area contributed by atoms with Crippen molar-refractivity contribution in [3.8, 4) is 22.6 Å². The van der Waals surface area contributed by atoms with Crippen molar-refractivity contribution >= 4 is 23.5 Å². The van der Waals surface area contributed by atoms with E-state index in [1.54, 1.807) is 11.0 Å². The molecule has 0 atom stereocenters. The second-order valence-corrected chi connectivity index (χ2v) is 14.0. The van der Waals surface area contributed by atoms with Crippen LogP contribution in [0.3, 0.4) is 0 Å². The third-order valence-electron chi connectivity index (χ3n) is 10.3. The van der Waals surface area contributed by atoms with Gasteiger partial charge in [-0.25, -0.2) is 19.9 Å². The molecule has 0 unspecified atom stereocenters. The molecule has 9 nitrogen and oxygen atoms in total. The van der Waals surface area contributed by atoms with Crippen molar-refractivity contribution in [2.24, 2.45) is 5.92 Å². The van der Waals surface area contributed by atoms with Gasteiger partial charge in [0.25, 0.3) is 5.91 Å². The molecule has 3 aromatic heterocycles. The van der Waals surface area contributed by atoms with Crippen LogP contribution in [0.5, 0.6) is 0 Å². The second-order valence-electron chi connectivity index (χ2n) is 13.6. The number of aryl methyl sites for hydroxylation is 1. The van der Waals surface area contributed by atoms with E-state index in [9.17, 15) is 9.18 Å². The van der Waals surface area contributed by atoms with E-state index in [2.05, 4.69) is 37.3 Å². The van der Waals surface area contributed by atoms with Gasteiger partial charge in [0.1, 0.15) is 5.82 Å². The minimum Gasteiger partial charge on any atom is -0.351 e. The molecule has 4 aromatic rings. The van der Waals surface area contributed by atoms with E-state index in [0.717, 1.165) is 92.2 Å². The zero-order valence-corrected chi connectivity index (χ0v) is 28.4. The zero-order valence-electron chi connectivity index (χ0n) is 27.6. The Morgan fingerprint density at radius 2 is 1.77 bits per heavy atom. The molecule has 1 amide bonds. The lowest BCUT2D eigenvalue weighted by atomic mass is 9.94. The molecule has 0 radical (unpaired) electrons. The number of piperidine rings is 2. The summed E-state index contributed by atoms with van der Waals surface area (Å²) in [5.41, 5.74) is 4.72. The van der Waals surface area contributed by atoms with Crippen LogP contribution in [-0.4, -0.2) is 67.5 Å². The molecule has 1 aromatic carbocycles. The van der Waals surface area contributed by atoms with Crippen LogP contribution in [0.15, 0.2) is 48.8 Å². The largest absolute Gasteiger partial charge is 0.351 e. The van der Waals surface area contributed by atoms with Gasteiger partial charge in [-0.2, -0.15) is 4.39 Å². The minimum atomic E-state index is -0.717. The molecule has 0 spiro atoms. The van der Waals surface area contributed by atoms with Gasteiger partial charge in [0.15, 0.2) is 0 Å². The van der Waals surface area contributed by atoms with Crippen molar-refractivity contribution in [1.29, 1.82) is 0 Å². The van der Waals surface area contributed by atoms with Crippen molar-refractivity contribution < 1.29 is 9.18 Å². The summed E-state index contributed by atoms with van der Waals surface area (Å²) in [6.45, 7) is 5.79. The van der Waals surface area contributed by atoms with Gasteiger partial charge in [0.2, 0.25) is 11.9 Å². The van der Waals surface area contributed by atoms with Crippen LogP contribution in [0.4, 0.5) is 10.3 Å². The van der Waals surface area contributed by atoms with E-state index in [1.807, 2.05) is 25.3 Å². The maximum absolute atomic E-state index is 14.3. The molecular weight excluding hydrogens is 627 g/mol. The molecule has 5 heterocycles. The topological polar surface area (TPSA) is 101 Å². The van der Waals surface area contributed by atoms with Crippen LogP contribution >= 0.6 is 11.6 Å². The molecule has 1 aliphatic carbocycles. The summed E-state index contributed by atoms with van der Waals surface area (Å²) in [7, 11) is 0. The fourth-order valence-electron chi connectivity index (χ4n) is 7.53. The fourth-order valence-corrected chi connectivity index (χ4v) is 7.71. The summed E-state index contributed by atoms with van der Waals surface area (Å²) < 4.78 is 16.8. The Morgan fingerprint density at radius 3 is 2.52 bits per heavy atom. The molecule has 11 heteroatoms. The first-order chi connectivity index (χ1) is 23.4. The molecule has 2 N–H and O–H groups in total. The smallest absolute Gasteiger partial charge is 0.258 e. The van der Waals surface area contributed by atoms with E-state index >= 15 is 0 Å². The number of carbonyl (C=O) groups is 1. The Kier molecular flexibility index (Phi) is 10.00. The van der Waals surface area contributed by atoms with Gasteiger partial charge in [-0.15, -0.1) is 0 Å². The zero-order chi connectivity index (χ0) is 33.0. The predicted molar refractivity (Wildman–Crippen MR) is 187 cm³/mol. The first kappa shape index (κ1) is 32.6. The van der Waals surface area contributed by atoms with Gasteiger partial charge in [-0.05, 0) is 94.3 Å². The summed E-state index contributed by atoms with van der Waals surface area (Å²) in [5.74, 6) is 1.32. The molecular formula is C37H44ClFN8O. The first-order valence-corrected chi connectivity index (χ1v) is 17.9. The number of hydrogen-bond acceptors (Lipinski definition) is 7. The van der Waals surface area contributed by atoms with Crippen LogP contribution < -0.4 is 10.6 Å². The highest BCUT2D eigenvalue weighted by Gasteiger charge is 2.31. The molecule has 2 saturated heterocycles. The first-order valence-electron chi connectivity index (χ1n) is 17.5. The lowest BCUT2D eigenvalue weighted by Crippen LogP contribution is -2.40. The minimum absolute atomic E-state index is 0.0313. The lowest BCUT2D eigenvalue weighted by molar-refractivity contribution is 0.0676. The average Bonchev–Trinajstić information content (AvgIpc) is 3.49. The molecule has 2 aliphatic heterocycles. The van der Waals surface area contributed by atoms with E-state index in [4.69, 9.17) is 21.6 Å². The second kappa shape index (κ2) is 14.7. The van der Waals surface area contributed by atoms with Gasteiger partial charge in [-0.1, -0.05) is 43.0 Å². The number of carbonyl (C=O) groups excluding carboxylic acids is 1. The lowest BCUT2D eigenvalue weighted by Gasteiger charge is -2.33. The molecule has 3 fully saturated rings. The Labute approximate surface area is 286 Å². The molecule has 7 rings (SSSR count). The highest BCUT2D eigenvalue weighted by molar-refractivity contribution is 6.31. The number of aromatic nitrogens is 5. The van der Waals surface area contributed by atoms with Crippen LogP contribution in [0.25, 0.3) is 22.6 Å². The normalized spacial score (nSPS) is 18.3. The molecule has 3 aliphatic rings. The number of pyridine rings is 1. The Balaban J connectivity index is 1.25. The van der Waals surface area contributed by atoms with Crippen LogP contribution in [-0.2, 0) is 6.54 Å². The molecule has 0 bridgehead atoms. The van der Waals surface area contributed by atoms with E-state index in [1.165, 1.54) is 31.5 Å². The molecule has 1 saturated carbocycles. The third-order valence-corrected chi connectivity index (χ3v) is 10.7. The number of rotatable bonds is 8. The highest BCUT2D eigenvalue weighted by atomic mass is 35.5. The maximum atomic E-state index is 14.3. The van der Waals surface area contributed by atoms with Crippen molar-refractivity contribution in [2.45, 2.75) is 83.2 Å². The van der Waals surface area contributed by atoms with E-state index < -0.39 is 5.95 Å². The quantitative estimate of drug-likeness (QED) is 0.190. The number of likely N-dealkylation sites (tertiary alicyclic amines) is 1. The number of imidazole rings is 1. The number of anilines is 1. The predicted octanol–water partition coefficient (Wildman–Crippen LogP) is 7.27. The van der Waals surface area contributed by atoms with Crippen molar-refractivity contribution in [1.82, 2.24) is 34.7 Å². The van der Waals surface area contributed by atoms with Crippen LogP contribution in [0, 0.1) is 18.8 Å². The number of nitrogens with one attached hydrogen (secondary N) is 2. The number of nitrogens with zero attached hydrogens (tertiary/aromatic N) is 6. The third kappa shape index (κ3) is 7.10. The number of benzene rings is 1. The average molecular weight is 671 g/mol. The van der Waals surface area contributed by atoms with Crippen LogP contribution in [0.1, 0.15) is 85.5 Å². The maximum Gasteiger partial charge on any atom is 0.258 e. The Bertz CT molecular complexity index is 1740. The van der Waals surface area contributed by atoms with Gasteiger partial charge >= 0.3 is 0 Å². The Morgan fingerprint density at radius 1 is 0.979 bits per heavy atom. The van der Waals surface area contributed by atoms with Crippen molar-refractivity contribution in [3.05, 3.63) is 76.7 Å².